The molecule has 0 saturated heterocycles. The second kappa shape index (κ2) is 4.53. The minimum absolute atomic E-state index is 0.134. The van der Waals surface area contributed by atoms with Crippen molar-refractivity contribution in [2.75, 3.05) is 12.1 Å². The molecule has 0 spiro atoms. The van der Waals surface area contributed by atoms with Gasteiger partial charge in [0.1, 0.15) is 0 Å². The third kappa shape index (κ3) is 2.04. The third-order valence-corrected chi connectivity index (χ3v) is 3.71. The topological polar surface area (TPSA) is 47.6 Å². The van der Waals surface area contributed by atoms with Gasteiger partial charge in [-0.3, -0.25) is 4.79 Å². The van der Waals surface area contributed by atoms with E-state index in [1.807, 2.05) is 24.3 Å². The van der Waals surface area contributed by atoms with E-state index >= 15 is 0 Å². The van der Waals surface area contributed by atoms with Crippen molar-refractivity contribution in [3.05, 3.63) is 52.5 Å². The molecule has 2 aliphatic heterocycles. The Balaban J connectivity index is 1.80. The van der Waals surface area contributed by atoms with Gasteiger partial charge in [-0.25, -0.2) is 0 Å². The van der Waals surface area contributed by atoms with Crippen LogP contribution in [0.15, 0.2) is 36.4 Å². The van der Waals surface area contributed by atoms with Crippen molar-refractivity contribution in [3.8, 4) is 11.5 Å². The first-order valence-corrected chi connectivity index (χ1v) is 6.81. The lowest BCUT2D eigenvalue weighted by Gasteiger charge is -2.01. The maximum absolute atomic E-state index is 12.1. The minimum atomic E-state index is -0.134. The number of benzene rings is 2. The molecule has 2 aliphatic rings. The van der Waals surface area contributed by atoms with Crippen LogP contribution in [0.3, 0.4) is 0 Å². The first-order valence-electron chi connectivity index (χ1n) is 6.43. The fourth-order valence-electron chi connectivity index (χ4n) is 2.47. The van der Waals surface area contributed by atoms with E-state index in [2.05, 4.69) is 5.32 Å². The van der Waals surface area contributed by atoms with Gasteiger partial charge in [-0.05, 0) is 42.0 Å². The number of carbonyl (C=O) groups is 1. The SMILES string of the molecule is O=C1Nc2ccc(Cl)cc2/C1=C/c1ccc2c(c1)OCO2. The van der Waals surface area contributed by atoms with Gasteiger partial charge in [-0.15, -0.1) is 0 Å². The Labute approximate surface area is 125 Å². The van der Waals surface area contributed by atoms with E-state index in [1.54, 1.807) is 18.2 Å². The van der Waals surface area contributed by atoms with Gasteiger partial charge in [-0.2, -0.15) is 0 Å². The van der Waals surface area contributed by atoms with Crippen LogP contribution in [0.4, 0.5) is 5.69 Å². The number of ether oxygens (including phenoxy) is 2. The average molecular weight is 300 g/mol. The van der Waals surface area contributed by atoms with Crippen LogP contribution in [0.2, 0.25) is 5.02 Å². The Hall–Kier alpha value is -2.46. The molecular formula is C16H10ClNO3. The van der Waals surface area contributed by atoms with Gasteiger partial charge in [0.05, 0.1) is 0 Å². The molecule has 21 heavy (non-hydrogen) atoms. The summed E-state index contributed by atoms with van der Waals surface area (Å²) in [7, 11) is 0. The lowest BCUT2D eigenvalue weighted by molar-refractivity contribution is -0.110. The zero-order chi connectivity index (χ0) is 14.4. The summed E-state index contributed by atoms with van der Waals surface area (Å²) in [5.74, 6) is 1.27. The zero-order valence-corrected chi connectivity index (χ0v) is 11.6. The number of halogens is 1. The molecule has 2 aromatic rings. The van der Waals surface area contributed by atoms with Crippen LogP contribution in [-0.2, 0) is 4.79 Å². The molecule has 2 heterocycles. The van der Waals surface area contributed by atoms with Gasteiger partial charge in [-0.1, -0.05) is 17.7 Å². The molecule has 0 radical (unpaired) electrons. The second-order valence-corrected chi connectivity index (χ2v) is 5.25. The third-order valence-electron chi connectivity index (χ3n) is 3.47. The van der Waals surface area contributed by atoms with Gasteiger partial charge in [0.15, 0.2) is 11.5 Å². The molecule has 1 amide bonds. The van der Waals surface area contributed by atoms with Crippen molar-refractivity contribution in [3.63, 3.8) is 0 Å². The number of hydrogen-bond donors (Lipinski definition) is 1. The monoisotopic (exact) mass is 299 g/mol. The Morgan fingerprint density at radius 2 is 1.95 bits per heavy atom. The molecule has 0 unspecified atom stereocenters. The largest absolute Gasteiger partial charge is 0.454 e. The Kier molecular flexibility index (Phi) is 2.65. The average Bonchev–Trinajstić information content (AvgIpc) is 3.04. The highest BCUT2D eigenvalue weighted by Gasteiger charge is 2.24. The standard InChI is InChI=1S/C16H10ClNO3/c17-10-2-3-13-11(7-10)12(16(19)18-13)5-9-1-4-14-15(6-9)21-8-20-14/h1-7H,8H2,(H,18,19)/b12-5-. The number of carbonyl (C=O) groups excluding carboxylic acids is 1. The summed E-state index contributed by atoms with van der Waals surface area (Å²) in [4.78, 5) is 12.1. The summed E-state index contributed by atoms with van der Waals surface area (Å²) in [5.41, 5.74) is 3.05. The van der Waals surface area contributed by atoms with E-state index in [0.717, 1.165) is 22.6 Å². The van der Waals surface area contributed by atoms with Crippen molar-refractivity contribution in [2.45, 2.75) is 0 Å². The predicted octanol–water partition coefficient (Wildman–Crippen LogP) is 3.56. The Bertz CT molecular complexity index is 798. The highest BCUT2D eigenvalue weighted by molar-refractivity contribution is 6.36. The highest BCUT2D eigenvalue weighted by atomic mass is 35.5. The number of nitrogens with one attached hydrogen (secondary N) is 1. The van der Waals surface area contributed by atoms with E-state index in [-0.39, 0.29) is 12.7 Å². The molecule has 4 rings (SSSR count). The van der Waals surface area contributed by atoms with E-state index in [9.17, 15) is 4.79 Å². The Morgan fingerprint density at radius 3 is 2.86 bits per heavy atom. The van der Waals surface area contributed by atoms with Gasteiger partial charge in [0, 0.05) is 21.8 Å². The second-order valence-electron chi connectivity index (χ2n) is 4.81. The van der Waals surface area contributed by atoms with Crippen molar-refractivity contribution >= 4 is 34.8 Å². The molecule has 0 atom stereocenters. The summed E-state index contributed by atoms with van der Waals surface area (Å²) < 4.78 is 10.6. The summed E-state index contributed by atoms with van der Waals surface area (Å²) in [6.45, 7) is 0.230. The molecule has 104 valence electrons. The van der Waals surface area contributed by atoms with E-state index < -0.39 is 0 Å². The maximum Gasteiger partial charge on any atom is 0.256 e. The molecule has 4 nitrogen and oxygen atoms in total. The van der Waals surface area contributed by atoms with Crippen LogP contribution in [0, 0.1) is 0 Å². The van der Waals surface area contributed by atoms with Crippen molar-refractivity contribution in [1.29, 1.82) is 0 Å². The predicted molar refractivity (Wildman–Crippen MR) is 80.5 cm³/mol. The quantitative estimate of drug-likeness (QED) is 0.819. The molecule has 2 aromatic carbocycles. The van der Waals surface area contributed by atoms with Crippen molar-refractivity contribution in [1.82, 2.24) is 0 Å². The molecule has 0 fully saturated rings. The molecule has 1 N–H and O–H groups in total. The first-order chi connectivity index (χ1) is 10.2. The smallest absolute Gasteiger partial charge is 0.256 e. The number of amides is 1. The highest BCUT2D eigenvalue weighted by Crippen LogP contribution is 2.37. The van der Waals surface area contributed by atoms with E-state index in [4.69, 9.17) is 21.1 Å². The summed E-state index contributed by atoms with van der Waals surface area (Å²) in [6.07, 6.45) is 1.82. The van der Waals surface area contributed by atoms with Crippen LogP contribution < -0.4 is 14.8 Å². The fourth-order valence-corrected chi connectivity index (χ4v) is 2.65. The van der Waals surface area contributed by atoms with Gasteiger partial charge < -0.3 is 14.8 Å². The molecule has 0 bridgehead atoms. The van der Waals surface area contributed by atoms with Crippen LogP contribution in [-0.4, -0.2) is 12.7 Å². The van der Waals surface area contributed by atoms with Crippen molar-refractivity contribution in [2.24, 2.45) is 0 Å². The molecule has 5 heteroatoms. The molecule has 0 aromatic heterocycles. The Morgan fingerprint density at radius 1 is 1.10 bits per heavy atom. The van der Waals surface area contributed by atoms with Gasteiger partial charge in [0.2, 0.25) is 6.79 Å². The first kappa shape index (κ1) is 12.3. The number of anilines is 1. The lowest BCUT2D eigenvalue weighted by atomic mass is 10.0. The van der Waals surface area contributed by atoms with Crippen LogP contribution in [0.25, 0.3) is 11.6 Å². The van der Waals surface area contributed by atoms with Gasteiger partial charge >= 0.3 is 0 Å². The number of fused-ring (bicyclic) bond motifs is 2. The van der Waals surface area contributed by atoms with E-state index in [0.29, 0.717) is 16.3 Å². The minimum Gasteiger partial charge on any atom is -0.454 e. The van der Waals surface area contributed by atoms with Crippen LogP contribution in [0.1, 0.15) is 11.1 Å². The molecular weight excluding hydrogens is 290 g/mol. The normalized spacial score (nSPS) is 17.0. The zero-order valence-electron chi connectivity index (χ0n) is 10.9. The van der Waals surface area contributed by atoms with Crippen LogP contribution in [0.5, 0.6) is 11.5 Å². The molecule has 0 aliphatic carbocycles. The fraction of sp³-hybridized carbons (Fsp3) is 0.0625. The number of rotatable bonds is 1. The van der Waals surface area contributed by atoms with Gasteiger partial charge in [0.25, 0.3) is 5.91 Å². The number of hydrogen-bond acceptors (Lipinski definition) is 3. The summed E-state index contributed by atoms with van der Waals surface area (Å²) in [5, 5.41) is 3.42. The molecule has 0 saturated carbocycles. The van der Waals surface area contributed by atoms with Crippen molar-refractivity contribution < 1.29 is 14.3 Å². The van der Waals surface area contributed by atoms with E-state index in [1.165, 1.54) is 0 Å². The lowest BCUT2D eigenvalue weighted by Crippen LogP contribution is -2.03. The maximum atomic E-state index is 12.1. The van der Waals surface area contributed by atoms with Crippen LogP contribution >= 0.6 is 11.6 Å². The summed E-state index contributed by atoms with van der Waals surface area (Å²) in [6, 6.07) is 10.9. The summed E-state index contributed by atoms with van der Waals surface area (Å²) >= 11 is 6.01.